The molecule has 0 fully saturated rings. The van der Waals surface area contributed by atoms with Crippen LogP contribution >= 0.6 is 11.6 Å². The maximum absolute atomic E-state index is 13.6. The molecule has 3 rings (SSSR count). The smallest absolute Gasteiger partial charge is 0.416 e. The van der Waals surface area contributed by atoms with Crippen molar-refractivity contribution in [2.24, 2.45) is 0 Å². The molecule has 0 atom stereocenters. The maximum Gasteiger partial charge on any atom is 0.416 e. The molecule has 0 aromatic heterocycles. The van der Waals surface area contributed by atoms with Gasteiger partial charge in [0.15, 0.2) is 0 Å². The number of rotatable bonds is 9. The zero-order valence-electron chi connectivity index (χ0n) is 20.1. The van der Waals surface area contributed by atoms with E-state index < -0.39 is 35.8 Å². The number of nitrogens with zero attached hydrogens (tertiary/aromatic N) is 1. The monoisotopic (exact) mass is 535 g/mol. The van der Waals surface area contributed by atoms with Gasteiger partial charge in [0.1, 0.15) is 12.4 Å². The molecule has 0 aliphatic heterocycles. The summed E-state index contributed by atoms with van der Waals surface area (Å²) < 4.78 is 51.6. The Morgan fingerprint density at radius 3 is 2.22 bits per heavy atom. The van der Waals surface area contributed by atoms with E-state index in [4.69, 9.17) is 21.1 Å². The third-order valence-electron chi connectivity index (χ3n) is 5.69. The molecule has 10 heteroatoms. The summed E-state index contributed by atoms with van der Waals surface area (Å²) in [5.41, 5.74) is 0.566. The Morgan fingerprint density at radius 1 is 0.973 bits per heavy atom. The highest BCUT2D eigenvalue weighted by atomic mass is 35.5. The fraction of sp³-hybridized carbons (Fsp3) is 0.259. The summed E-state index contributed by atoms with van der Waals surface area (Å²) in [5, 5.41) is 9.66. The fourth-order valence-corrected chi connectivity index (χ4v) is 4.05. The highest BCUT2D eigenvalue weighted by Gasteiger charge is 2.35. The van der Waals surface area contributed by atoms with Crippen molar-refractivity contribution >= 4 is 23.7 Å². The van der Waals surface area contributed by atoms with Gasteiger partial charge in [0.2, 0.25) is 0 Å². The van der Waals surface area contributed by atoms with E-state index >= 15 is 0 Å². The molecule has 0 saturated heterocycles. The Labute approximate surface area is 217 Å². The Bertz CT molecular complexity index is 1280. The van der Waals surface area contributed by atoms with Crippen LogP contribution in [-0.4, -0.2) is 35.7 Å². The summed E-state index contributed by atoms with van der Waals surface area (Å²) in [4.78, 5) is 25.5. The van der Waals surface area contributed by atoms with Gasteiger partial charge in [-0.2, -0.15) is 13.2 Å². The van der Waals surface area contributed by atoms with Crippen LogP contribution in [0.4, 0.5) is 18.0 Å². The minimum Gasteiger partial charge on any atom is -0.496 e. The molecular formula is C27H25ClF3NO5. The lowest BCUT2D eigenvalue weighted by Crippen LogP contribution is -2.31. The minimum absolute atomic E-state index is 0.0259. The third kappa shape index (κ3) is 6.95. The summed E-state index contributed by atoms with van der Waals surface area (Å²) in [6.07, 6.45) is -6.17. The Kier molecular flexibility index (Phi) is 9.04. The quantitative estimate of drug-likeness (QED) is 0.325. The summed E-state index contributed by atoms with van der Waals surface area (Å²) in [6.45, 7) is 2.13. The van der Waals surface area contributed by atoms with Crippen LogP contribution in [0.2, 0.25) is 5.02 Å². The number of carboxylic acid groups (broad SMARTS) is 1. The third-order valence-corrected chi connectivity index (χ3v) is 6.06. The Balaban J connectivity index is 1.95. The van der Waals surface area contributed by atoms with E-state index in [9.17, 15) is 27.9 Å². The first-order valence-electron chi connectivity index (χ1n) is 11.3. The first kappa shape index (κ1) is 27.9. The van der Waals surface area contributed by atoms with Crippen molar-refractivity contribution in [1.82, 2.24) is 4.90 Å². The second kappa shape index (κ2) is 12.0. The SMILES string of the molecule is CCN(Cc1ccccc1-c1cc(CC(=O)O)c(C(F)(F)F)cc1OC)C(=O)OCc1ccccc1Cl. The predicted molar refractivity (Wildman–Crippen MR) is 132 cm³/mol. The molecule has 0 bridgehead atoms. The molecule has 1 amide bonds. The minimum atomic E-state index is -4.76. The summed E-state index contributed by atoms with van der Waals surface area (Å²) in [6, 6.07) is 15.8. The summed E-state index contributed by atoms with van der Waals surface area (Å²) >= 11 is 6.13. The molecule has 0 radical (unpaired) electrons. The van der Waals surface area contributed by atoms with Gasteiger partial charge in [-0.05, 0) is 41.8 Å². The van der Waals surface area contributed by atoms with E-state index in [1.54, 1.807) is 55.5 Å². The number of aliphatic carboxylic acids is 1. The van der Waals surface area contributed by atoms with Crippen LogP contribution in [-0.2, 0) is 35.3 Å². The van der Waals surface area contributed by atoms with Crippen LogP contribution in [0.3, 0.4) is 0 Å². The fourth-order valence-electron chi connectivity index (χ4n) is 3.86. The number of alkyl halides is 3. The number of hydrogen-bond acceptors (Lipinski definition) is 4. The van der Waals surface area contributed by atoms with Crippen molar-refractivity contribution in [2.75, 3.05) is 13.7 Å². The van der Waals surface area contributed by atoms with E-state index in [0.29, 0.717) is 28.3 Å². The van der Waals surface area contributed by atoms with E-state index in [1.165, 1.54) is 18.1 Å². The van der Waals surface area contributed by atoms with Crippen LogP contribution in [0.25, 0.3) is 11.1 Å². The lowest BCUT2D eigenvalue weighted by Gasteiger charge is -2.23. The van der Waals surface area contributed by atoms with Crippen molar-refractivity contribution in [2.45, 2.75) is 32.7 Å². The molecule has 0 unspecified atom stereocenters. The highest BCUT2D eigenvalue weighted by Crippen LogP contribution is 2.41. The number of carbonyl (C=O) groups is 2. The predicted octanol–water partition coefficient (Wildman–Crippen LogP) is 6.82. The van der Waals surface area contributed by atoms with Crippen molar-refractivity contribution in [3.8, 4) is 16.9 Å². The summed E-state index contributed by atoms with van der Waals surface area (Å²) in [5.74, 6) is -1.47. The van der Waals surface area contributed by atoms with Crippen LogP contribution < -0.4 is 4.74 Å². The number of ether oxygens (including phenoxy) is 2. The topological polar surface area (TPSA) is 76.1 Å². The van der Waals surface area contributed by atoms with E-state index in [2.05, 4.69) is 0 Å². The molecule has 0 saturated carbocycles. The first-order chi connectivity index (χ1) is 17.5. The molecule has 6 nitrogen and oxygen atoms in total. The van der Waals surface area contributed by atoms with E-state index in [-0.39, 0.29) is 24.5 Å². The van der Waals surface area contributed by atoms with Gasteiger partial charge >= 0.3 is 18.2 Å². The van der Waals surface area contributed by atoms with Crippen LogP contribution in [0.15, 0.2) is 60.7 Å². The number of methoxy groups -OCH3 is 1. The van der Waals surface area contributed by atoms with Gasteiger partial charge in [0.05, 0.1) is 19.1 Å². The molecule has 37 heavy (non-hydrogen) atoms. The van der Waals surface area contributed by atoms with Crippen LogP contribution in [0, 0.1) is 0 Å². The normalized spacial score (nSPS) is 11.2. The second-order valence-electron chi connectivity index (χ2n) is 8.10. The second-order valence-corrected chi connectivity index (χ2v) is 8.50. The molecule has 0 spiro atoms. The average molecular weight is 536 g/mol. The van der Waals surface area contributed by atoms with Gasteiger partial charge in [-0.1, -0.05) is 54.1 Å². The van der Waals surface area contributed by atoms with Gasteiger partial charge in [0.25, 0.3) is 0 Å². The van der Waals surface area contributed by atoms with Crippen LogP contribution in [0.1, 0.15) is 29.2 Å². The molecule has 0 aliphatic carbocycles. The number of hydrogen-bond donors (Lipinski definition) is 1. The number of amides is 1. The standard InChI is InChI=1S/C27H25ClF3NO5/c1-3-32(26(35)37-16-18-9-5-7-11-23(18)28)15-17-8-4-6-10-20(17)21-12-19(13-25(33)34)22(27(29,30)31)14-24(21)36-2/h4-12,14H,3,13,15-16H2,1-2H3,(H,33,34). The lowest BCUT2D eigenvalue weighted by molar-refractivity contribution is -0.139. The number of halogens is 4. The molecule has 3 aromatic carbocycles. The highest BCUT2D eigenvalue weighted by molar-refractivity contribution is 6.31. The number of carboxylic acids is 1. The van der Waals surface area contributed by atoms with Gasteiger partial charge in [-0.3, -0.25) is 4.79 Å². The molecular weight excluding hydrogens is 511 g/mol. The van der Waals surface area contributed by atoms with Crippen molar-refractivity contribution in [1.29, 1.82) is 0 Å². The zero-order valence-corrected chi connectivity index (χ0v) is 20.9. The maximum atomic E-state index is 13.6. The van der Waals surface area contributed by atoms with Crippen molar-refractivity contribution in [3.05, 3.63) is 87.9 Å². The van der Waals surface area contributed by atoms with Gasteiger partial charge in [0, 0.05) is 29.2 Å². The van der Waals surface area contributed by atoms with E-state index in [0.717, 1.165) is 6.07 Å². The van der Waals surface area contributed by atoms with Crippen LogP contribution in [0.5, 0.6) is 5.75 Å². The van der Waals surface area contributed by atoms with Crippen molar-refractivity contribution in [3.63, 3.8) is 0 Å². The largest absolute Gasteiger partial charge is 0.496 e. The Hall–Kier alpha value is -3.72. The van der Waals surface area contributed by atoms with E-state index in [1.807, 2.05) is 0 Å². The Morgan fingerprint density at radius 2 is 1.62 bits per heavy atom. The molecule has 0 heterocycles. The first-order valence-corrected chi connectivity index (χ1v) is 11.7. The number of carbonyl (C=O) groups excluding carboxylic acids is 1. The molecule has 1 N–H and O–H groups in total. The van der Waals surface area contributed by atoms with Gasteiger partial charge in [-0.25, -0.2) is 4.79 Å². The summed E-state index contributed by atoms with van der Waals surface area (Å²) in [7, 11) is 1.24. The zero-order chi connectivity index (χ0) is 27.2. The molecule has 0 aliphatic rings. The molecule has 3 aromatic rings. The van der Waals surface area contributed by atoms with Gasteiger partial charge in [-0.15, -0.1) is 0 Å². The van der Waals surface area contributed by atoms with Crippen molar-refractivity contribution < 1.29 is 37.3 Å². The lowest BCUT2D eigenvalue weighted by atomic mass is 9.93. The van der Waals surface area contributed by atoms with Gasteiger partial charge < -0.3 is 19.5 Å². The molecule has 196 valence electrons. The average Bonchev–Trinajstić information content (AvgIpc) is 2.85. The number of benzene rings is 3.